The molecule has 1 unspecified atom stereocenters. The highest BCUT2D eigenvalue weighted by molar-refractivity contribution is 6.03. The molecule has 8 nitrogen and oxygen atoms in total. The molecule has 1 heterocycles. The molecular weight excluding hydrogens is 332 g/mol. The molecular formula is C17H20O8. The molecule has 1 aromatic carbocycles. The molecule has 0 radical (unpaired) electrons. The molecule has 0 bridgehead atoms. The quantitative estimate of drug-likeness (QED) is 0.560. The molecule has 0 aliphatic carbocycles. The monoisotopic (exact) mass is 352 g/mol. The van der Waals surface area contributed by atoms with Gasteiger partial charge in [0.15, 0.2) is 0 Å². The molecule has 8 heteroatoms. The molecule has 0 spiro atoms. The van der Waals surface area contributed by atoms with Crippen molar-refractivity contribution in [1.29, 1.82) is 0 Å². The van der Waals surface area contributed by atoms with Crippen LogP contribution in [0.2, 0.25) is 0 Å². The maximum Gasteiger partial charge on any atom is 0.342 e. The molecule has 1 aromatic rings. The molecule has 25 heavy (non-hydrogen) atoms. The third-order valence-electron chi connectivity index (χ3n) is 3.86. The first-order valence-corrected chi connectivity index (χ1v) is 7.31. The maximum atomic E-state index is 12.4. The van der Waals surface area contributed by atoms with Gasteiger partial charge in [0.05, 0.1) is 26.9 Å². The van der Waals surface area contributed by atoms with Gasteiger partial charge < -0.3 is 28.4 Å². The second-order valence-corrected chi connectivity index (χ2v) is 5.01. The molecule has 2 rings (SSSR count). The van der Waals surface area contributed by atoms with Crippen molar-refractivity contribution in [2.45, 2.75) is 12.1 Å². The lowest BCUT2D eigenvalue weighted by atomic mass is 9.98. The summed E-state index contributed by atoms with van der Waals surface area (Å²) >= 11 is 0. The molecule has 0 N–H and O–H groups in total. The lowest BCUT2D eigenvalue weighted by molar-refractivity contribution is -0.337. The maximum absolute atomic E-state index is 12.4. The van der Waals surface area contributed by atoms with E-state index < -0.39 is 24.0 Å². The minimum atomic E-state index is -1.89. The summed E-state index contributed by atoms with van der Waals surface area (Å²) in [5.41, 5.74) is 0.328. The van der Waals surface area contributed by atoms with Crippen LogP contribution in [0.25, 0.3) is 0 Å². The molecule has 136 valence electrons. The highest BCUT2D eigenvalue weighted by atomic mass is 16.9. The van der Waals surface area contributed by atoms with E-state index in [9.17, 15) is 9.59 Å². The van der Waals surface area contributed by atoms with Gasteiger partial charge in [0.25, 0.3) is 0 Å². The molecule has 0 amide bonds. The van der Waals surface area contributed by atoms with Gasteiger partial charge in [-0.1, -0.05) is 12.1 Å². The van der Waals surface area contributed by atoms with E-state index in [1.54, 1.807) is 24.3 Å². The van der Waals surface area contributed by atoms with Crippen molar-refractivity contribution >= 4 is 11.9 Å². The zero-order chi connectivity index (χ0) is 18.6. The fraction of sp³-hybridized carbons (Fsp3) is 0.412. The van der Waals surface area contributed by atoms with E-state index >= 15 is 0 Å². The average molecular weight is 352 g/mol. The van der Waals surface area contributed by atoms with Crippen molar-refractivity contribution in [2.24, 2.45) is 0 Å². The number of hydrogen-bond donors (Lipinski definition) is 0. The number of rotatable bonds is 6. The summed E-state index contributed by atoms with van der Waals surface area (Å²) in [6.07, 6.45) is -0.952. The number of esters is 2. The number of ether oxygens (including phenoxy) is 6. The Morgan fingerprint density at radius 3 is 1.92 bits per heavy atom. The second-order valence-electron chi connectivity index (χ2n) is 5.01. The predicted molar refractivity (Wildman–Crippen MR) is 84.6 cm³/mol. The predicted octanol–water partition coefficient (Wildman–Crippen LogP) is 1.36. The summed E-state index contributed by atoms with van der Waals surface area (Å²) in [5, 5.41) is 0. The zero-order valence-corrected chi connectivity index (χ0v) is 14.7. The number of benzene rings is 1. The SMILES string of the molecule is COC(=O)C1=C(C(=O)OC)C(OC)(OC)OC1c1ccc(OC)cc1. The van der Waals surface area contributed by atoms with E-state index in [-0.39, 0.29) is 11.1 Å². The van der Waals surface area contributed by atoms with E-state index in [1.807, 2.05) is 0 Å². The molecule has 0 fully saturated rings. The number of methoxy groups -OCH3 is 5. The smallest absolute Gasteiger partial charge is 0.342 e. The third-order valence-corrected chi connectivity index (χ3v) is 3.86. The average Bonchev–Trinajstić information content (AvgIpc) is 3.02. The van der Waals surface area contributed by atoms with Crippen molar-refractivity contribution in [2.75, 3.05) is 35.5 Å². The molecule has 0 aromatic heterocycles. The molecule has 0 saturated heterocycles. The summed E-state index contributed by atoms with van der Waals surface area (Å²) in [4.78, 5) is 24.7. The van der Waals surface area contributed by atoms with Gasteiger partial charge in [-0.15, -0.1) is 0 Å². The largest absolute Gasteiger partial charge is 0.497 e. The summed E-state index contributed by atoms with van der Waals surface area (Å²) in [7, 11) is 6.50. The Morgan fingerprint density at radius 2 is 1.48 bits per heavy atom. The highest BCUT2D eigenvalue weighted by Crippen LogP contribution is 2.46. The van der Waals surface area contributed by atoms with Gasteiger partial charge in [-0.3, -0.25) is 0 Å². The second kappa shape index (κ2) is 7.64. The molecule has 1 aliphatic rings. The van der Waals surface area contributed by atoms with Gasteiger partial charge in [-0.25, -0.2) is 9.59 Å². The Labute approximate surface area is 145 Å². The van der Waals surface area contributed by atoms with Crippen molar-refractivity contribution in [1.82, 2.24) is 0 Å². The van der Waals surface area contributed by atoms with Gasteiger partial charge in [0.2, 0.25) is 0 Å². The van der Waals surface area contributed by atoms with Crippen LogP contribution in [0.3, 0.4) is 0 Å². The Balaban J connectivity index is 2.64. The van der Waals surface area contributed by atoms with Crippen molar-refractivity contribution in [3.8, 4) is 5.75 Å². The molecule has 1 atom stereocenters. The standard InChI is InChI=1S/C17H20O8/c1-20-11-8-6-10(7-9-11)14-12(15(18)21-2)13(16(19)22-3)17(23-4,24-5)25-14/h6-9,14H,1-5H3. The van der Waals surface area contributed by atoms with Crippen LogP contribution >= 0.6 is 0 Å². The van der Waals surface area contributed by atoms with E-state index in [4.69, 9.17) is 28.4 Å². The summed E-state index contributed by atoms with van der Waals surface area (Å²) in [6.45, 7) is 0. The van der Waals surface area contributed by atoms with E-state index in [0.29, 0.717) is 11.3 Å². The number of carbonyl (C=O) groups is 2. The van der Waals surface area contributed by atoms with Crippen molar-refractivity contribution in [3.63, 3.8) is 0 Å². The topological polar surface area (TPSA) is 89.5 Å². The molecule has 1 aliphatic heterocycles. The van der Waals surface area contributed by atoms with Gasteiger partial charge >= 0.3 is 17.9 Å². The fourth-order valence-electron chi connectivity index (χ4n) is 2.62. The van der Waals surface area contributed by atoms with Crippen LogP contribution in [0.1, 0.15) is 11.7 Å². The van der Waals surface area contributed by atoms with Crippen LogP contribution in [0.5, 0.6) is 5.75 Å². The first kappa shape index (κ1) is 18.9. The van der Waals surface area contributed by atoms with Gasteiger partial charge in [0, 0.05) is 14.2 Å². The lowest BCUT2D eigenvalue weighted by Crippen LogP contribution is -2.39. The Bertz CT molecular complexity index is 672. The summed E-state index contributed by atoms with van der Waals surface area (Å²) in [5.74, 6) is -2.83. The third kappa shape index (κ3) is 3.23. The van der Waals surface area contributed by atoms with Crippen LogP contribution in [0.15, 0.2) is 35.4 Å². The Hall–Kier alpha value is -2.42. The Morgan fingerprint density at radius 1 is 0.920 bits per heavy atom. The number of hydrogen-bond acceptors (Lipinski definition) is 8. The Kier molecular flexibility index (Phi) is 5.78. The van der Waals surface area contributed by atoms with E-state index in [0.717, 1.165) is 0 Å². The highest BCUT2D eigenvalue weighted by Gasteiger charge is 2.55. The normalized spacial score (nSPS) is 18.8. The minimum Gasteiger partial charge on any atom is -0.497 e. The fourth-order valence-corrected chi connectivity index (χ4v) is 2.62. The van der Waals surface area contributed by atoms with E-state index in [1.165, 1.54) is 35.5 Å². The van der Waals surface area contributed by atoms with Crippen molar-refractivity contribution in [3.05, 3.63) is 41.0 Å². The van der Waals surface area contributed by atoms with E-state index in [2.05, 4.69) is 0 Å². The zero-order valence-electron chi connectivity index (χ0n) is 14.7. The van der Waals surface area contributed by atoms with Crippen LogP contribution in [0.4, 0.5) is 0 Å². The van der Waals surface area contributed by atoms with Gasteiger partial charge in [-0.05, 0) is 17.7 Å². The summed E-state index contributed by atoms with van der Waals surface area (Å²) < 4.78 is 31.1. The molecule has 0 saturated carbocycles. The first-order valence-electron chi connectivity index (χ1n) is 7.31. The van der Waals surface area contributed by atoms with Gasteiger partial charge in [0.1, 0.15) is 17.4 Å². The van der Waals surface area contributed by atoms with Crippen LogP contribution in [-0.2, 0) is 33.3 Å². The van der Waals surface area contributed by atoms with Crippen LogP contribution < -0.4 is 4.74 Å². The lowest BCUT2D eigenvalue weighted by Gasteiger charge is -2.27. The summed E-state index contributed by atoms with van der Waals surface area (Å²) in [6, 6.07) is 6.79. The number of carbonyl (C=O) groups excluding carboxylic acids is 2. The van der Waals surface area contributed by atoms with Gasteiger partial charge in [-0.2, -0.15) is 0 Å². The van der Waals surface area contributed by atoms with Crippen molar-refractivity contribution < 1.29 is 38.0 Å². The van der Waals surface area contributed by atoms with Crippen LogP contribution in [-0.4, -0.2) is 53.5 Å². The van der Waals surface area contributed by atoms with Crippen LogP contribution in [0, 0.1) is 0 Å². The first-order chi connectivity index (χ1) is 12.0. The minimum absolute atomic E-state index is 0.0526.